The van der Waals surface area contributed by atoms with Crippen LogP contribution in [0, 0.1) is 17.7 Å². The Kier molecular flexibility index (Phi) is 13.8. The van der Waals surface area contributed by atoms with E-state index in [4.69, 9.17) is 29.2 Å². The van der Waals surface area contributed by atoms with Gasteiger partial charge in [-0.1, -0.05) is 60.3 Å². The lowest BCUT2D eigenvalue weighted by atomic mass is 9.99. The molecule has 6 atom stereocenters. The minimum absolute atomic E-state index is 0.166. The highest BCUT2D eigenvalue weighted by atomic mass is 32.1. The first-order chi connectivity index (χ1) is 34.1. The zero-order chi connectivity index (χ0) is 50.4. The third-order valence-electron chi connectivity index (χ3n) is 14.1. The number of fused-ring (bicyclic) bond motifs is 5. The standard InChI is InChI=1S/C52H61FN10O7S/c1-10-28(7)47-56-25-40(71-47)50-63-36-17-16-29(34-23-54-45(57-34)37-14-12-18-61(37)48(64)42(26(3)4)59-51(66)68-8)20-32(36)31(11-2)44(63)41-33(53)21-30(22-39(41)70-50)35-24-55-46(58-35)38-15-13-19-62(38)49(65)43(27(5)6)60-52(67)69-9/h11,16-17,20-28,37-38,42-43,50H,2,10,12-15,18-19H2,1,3-9H3,(H,54,57)(H,55,58)(H,59,66)(H,60,67). The molecule has 2 aromatic carbocycles. The first kappa shape index (κ1) is 49.0. The van der Waals surface area contributed by atoms with Crippen LogP contribution in [0.2, 0.25) is 0 Å². The third-order valence-corrected chi connectivity index (χ3v) is 15.4. The second-order valence-corrected chi connectivity index (χ2v) is 20.3. The van der Waals surface area contributed by atoms with Crippen LogP contribution in [0.15, 0.2) is 55.5 Å². The van der Waals surface area contributed by atoms with Crippen molar-refractivity contribution in [1.82, 2.24) is 49.9 Å². The van der Waals surface area contributed by atoms with Gasteiger partial charge in [0.1, 0.15) is 35.3 Å². The van der Waals surface area contributed by atoms with Gasteiger partial charge in [0.05, 0.1) is 76.7 Å². The van der Waals surface area contributed by atoms with Crippen LogP contribution in [0.25, 0.3) is 50.8 Å². The molecule has 2 fully saturated rings. The van der Waals surface area contributed by atoms with Crippen molar-refractivity contribution in [3.05, 3.63) is 88.4 Å². The van der Waals surface area contributed by atoms with Crippen LogP contribution >= 0.6 is 11.3 Å². The smallest absolute Gasteiger partial charge is 0.407 e. The Balaban J connectivity index is 1.08. The monoisotopic (exact) mass is 988 g/mol. The number of amides is 4. The second-order valence-electron chi connectivity index (χ2n) is 19.2. The van der Waals surface area contributed by atoms with E-state index in [2.05, 4.69) is 41.0 Å². The van der Waals surface area contributed by atoms with Crippen molar-refractivity contribution in [3.63, 3.8) is 0 Å². The average Bonchev–Trinajstić information content (AvgIpc) is 4.23. The van der Waals surface area contributed by atoms with E-state index in [9.17, 15) is 19.2 Å². The maximum Gasteiger partial charge on any atom is 0.407 e. The van der Waals surface area contributed by atoms with Crippen LogP contribution in [0.5, 0.6) is 5.75 Å². The van der Waals surface area contributed by atoms with E-state index in [-0.39, 0.29) is 47.2 Å². The van der Waals surface area contributed by atoms with Crippen molar-refractivity contribution in [1.29, 1.82) is 0 Å². The number of rotatable bonds is 14. The molecule has 3 aliphatic heterocycles. The fraction of sp³-hybridized carbons (Fsp3) is 0.442. The molecule has 9 rings (SSSR count). The maximum absolute atomic E-state index is 17.2. The highest BCUT2D eigenvalue weighted by Crippen LogP contribution is 2.51. The number of carbonyl (C=O) groups is 4. The number of halogens is 1. The Morgan fingerprint density at radius 1 is 0.845 bits per heavy atom. The molecule has 0 saturated carbocycles. The van der Waals surface area contributed by atoms with Crippen LogP contribution in [0.4, 0.5) is 14.0 Å². The summed E-state index contributed by atoms with van der Waals surface area (Å²) in [5.41, 5.74) is 5.03. The fourth-order valence-corrected chi connectivity index (χ4v) is 11.2. The number of aromatic amines is 2. The van der Waals surface area contributed by atoms with Gasteiger partial charge in [0.15, 0.2) is 0 Å². The molecule has 7 heterocycles. The number of benzene rings is 2. The molecular weight excluding hydrogens is 928 g/mol. The first-order valence-corrected chi connectivity index (χ1v) is 25.1. The molecule has 3 aliphatic rings. The van der Waals surface area contributed by atoms with Gasteiger partial charge in [-0.3, -0.25) is 14.2 Å². The number of nitrogens with zero attached hydrogens (tertiary/aromatic N) is 6. The summed E-state index contributed by atoms with van der Waals surface area (Å²) >= 11 is 1.57. The number of likely N-dealkylation sites (tertiary alicyclic amines) is 2. The normalized spacial score (nSPS) is 18.8. The molecule has 6 aromatic rings. The van der Waals surface area contributed by atoms with E-state index < -0.39 is 36.3 Å². The molecule has 374 valence electrons. The van der Waals surface area contributed by atoms with Crippen molar-refractivity contribution in [2.75, 3.05) is 27.3 Å². The minimum Gasteiger partial charge on any atom is -0.464 e. The summed E-state index contributed by atoms with van der Waals surface area (Å²) in [4.78, 5) is 77.7. The molecule has 2 saturated heterocycles. The van der Waals surface area contributed by atoms with Crippen LogP contribution in [-0.4, -0.2) is 103 Å². The summed E-state index contributed by atoms with van der Waals surface area (Å²) in [5, 5.41) is 7.19. The molecule has 4 N–H and O–H groups in total. The Bertz CT molecular complexity index is 3010. The summed E-state index contributed by atoms with van der Waals surface area (Å²) in [6, 6.07) is 7.09. The number of alkyl carbamates (subject to hydrolysis) is 2. The van der Waals surface area contributed by atoms with Crippen LogP contribution in [0.3, 0.4) is 0 Å². The predicted molar refractivity (Wildman–Crippen MR) is 268 cm³/mol. The second kappa shape index (κ2) is 20.0. The summed E-state index contributed by atoms with van der Waals surface area (Å²) in [6.45, 7) is 17.0. The number of methoxy groups -OCH3 is 2. The van der Waals surface area contributed by atoms with Crippen molar-refractivity contribution in [2.45, 2.75) is 110 Å². The Labute approximate surface area is 415 Å². The zero-order valence-corrected chi connectivity index (χ0v) is 42.1. The molecule has 17 nitrogen and oxygen atoms in total. The summed E-state index contributed by atoms with van der Waals surface area (Å²) in [7, 11) is 2.54. The number of hydrogen-bond acceptors (Lipinski definition) is 11. The van der Waals surface area contributed by atoms with E-state index in [1.54, 1.807) is 39.6 Å². The number of aromatic nitrogens is 6. The topological polar surface area (TPSA) is 202 Å². The largest absolute Gasteiger partial charge is 0.464 e. The molecule has 4 amide bonds. The van der Waals surface area contributed by atoms with Crippen LogP contribution < -0.4 is 15.4 Å². The van der Waals surface area contributed by atoms with E-state index in [1.165, 1.54) is 20.3 Å². The number of H-pyrrole nitrogens is 2. The SMILES string of the molecule is C=Cc1c2n(c3ccc(-c4cnc(C5CCCN5C(=O)C(NC(=O)OC)C(C)C)[nH]4)cc13)C(c1cnc(C(C)CC)s1)Oc1cc(-c3cnc(C4CCCN4C(=O)C(NC(=O)OC)C(C)C)[nH]3)cc(F)c1-2. The first-order valence-electron chi connectivity index (χ1n) is 24.3. The number of nitrogens with one attached hydrogen (secondary N) is 4. The van der Waals surface area contributed by atoms with Gasteiger partial charge in [-0.2, -0.15) is 0 Å². The lowest BCUT2D eigenvalue weighted by Gasteiger charge is -2.30. The number of imidazole rings is 2. The van der Waals surface area contributed by atoms with E-state index in [0.717, 1.165) is 56.9 Å². The van der Waals surface area contributed by atoms with Crippen LogP contribution in [0.1, 0.15) is 125 Å². The van der Waals surface area contributed by atoms with Gasteiger partial charge in [0, 0.05) is 47.3 Å². The van der Waals surface area contributed by atoms with Crippen molar-refractivity contribution < 1.29 is 37.8 Å². The van der Waals surface area contributed by atoms with E-state index in [0.29, 0.717) is 60.3 Å². The van der Waals surface area contributed by atoms with Gasteiger partial charge >= 0.3 is 12.2 Å². The molecule has 0 radical (unpaired) electrons. The molecule has 71 heavy (non-hydrogen) atoms. The predicted octanol–water partition coefficient (Wildman–Crippen LogP) is 9.87. The summed E-state index contributed by atoms with van der Waals surface area (Å²) in [6.07, 6.45) is 8.77. The lowest BCUT2D eigenvalue weighted by molar-refractivity contribution is -0.136. The van der Waals surface area contributed by atoms with Gasteiger partial charge in [0.25, 0.3) is 0 Å². The average molecular weight is 989 g/mol. The minimum atomic E-state index is -0.785. The number of carbonyl (C=O) groups excluding carboxylic acids is 4. The van der Waals surface area contributed by atoms with Gasteiger partial charge in [0.2, 0.25) is 18.0 Å². The van der Waals surface area contributed by atoms with Crippen molar-refractivity contribution in [3.8, 4) is 39.5 Å². The Morgan fingerprint density at radius 3 is 1.96 bits per heavy atom. The zero-order valence-electron chi connectivity index (χ0n) is 41.3. The summed E-state index contributed by atoms with van der Waals surface area (Å²) < 4.78 is 35.8. The highest BCUT2D eigenvalue weighted by molar-refractivity contribution is 7.11. The maximum atomic E-state index is 17.2. The summed E-state index contributed by atoms with van der Waals surface area (Å²) in [5.74, 6) is 0.474. The van der Waals surface area contributed by atoms with E-state index in [1.807, 2.05) is 62.7 Å². The Hall–Kier alpha value is -7.02. The molecule has 6 unspecified atom stereocenters. The van der Waals surface area contributed by atoms with Crippen LogP contribution in [-0.2, 0) is 19.1 Å². The lowest BCUT2D eigenvalue weighted by Crippen LogP contribution is -2.51. The van der Waals surface area contributed by atoms with Gasteiger partial charge in [-0.15, -0.1) is 11.3 Å². The van der Waals surface area contributed by atoms with Gasteiger partial charge in [-0.05, 0) is 68.2 Å². The van der Waals surface area contributed by atoms with Gasteiger partial charge in [-0.25, -0.2) is 28.9 Å². The molecule has 0 spiro atoms. The third kappa shape index (κ3) is 9.04. The molecule has 0 bridgehead atoms. The fourth-order valence-electron chi connectivity index (χ4n) is 10.1. The van der Waals surface area contributed by atoms with Crippen molar-refractivity contribution >= 4 is 52.3 Å². The van der Waals surface area contributed by atoms with E-state index >= 15 is 4.39 Å². The molecule has 19 heteroatoms. The number of thiazole rings is 1. The molecule has 4 aromatic heterocycles. The highest BCUT2D eigenvalue weighted by Gasteiger charge is 2.40. The molecule has 0 aliphatic carbocycles. The molecular formula is C52H61FN10O7S. The number of hydrogen-bond donors (Lipinski definition) is 4. The van der Waals surface area contributed by atoms with Gasteiger partial charge < -0.3 is 44.6 Å². The quantitative estimate of drug-likeness (QED) is 0.0814. The number of ether oxygens (including phenoxy) is 3. The Morgan fingerprint density at radius 2 is 1.42 bits per heavy atom. The van der Waals surface area contributed by atoms with Crippen molar-refractivity contribution in [2.24, 2.45) is 11.8 Å².